The van der Waals surface area contributed by atoms with E-state index in [-0.39, 0.29) is 17.5 Å². The molecule has 2 aliphatic rings. The molecule has 0 bridgehead atoms. The van der Waals surface area contributed by atoms with Crippen LogP contribution in [0.2, 0.25) is 0 Å². The Morgan fingerprint density at radius 3 is 2.58 bits per heavy atom. The van der Waals surface area contributed by atoms with Crippen molar-refractivity contribution in [3.05, 3.63) is 77.4 Å². The van der Waals surface area contributed by atoms with Gasteiger partial charge in [0, 0.05) is 23.1 Å². The second kappa shape index (κ2) is 7.43. The Morgan fingerprint density at radius 2 is 1.81 bits per heavy atom. The summed E-state index contributed by atoms with van der Waals surface area (Å²) < 4.78 is 16.8. The van der Waals surface area contributed by atoms with Crippen LogP contribution in [0.25, 0.3) is 0 Å². The van der Waals surface area contributed by atoms with E-state index in [0.29, 0.717) is 23.5 Å². The van der Waals surface area contributed by atoms with Crippen molar-refractivity contribution in [3.63, 3.8) is 0 Å². The number of hydrogen-bond acceptors (Lipinski definition) is 7. The van der Waals surface area contributed by atoms with Gasteiger partial charge in [-0.1, -0.05) is 18.2 Å². The molecule has 158 valence electrons. The fourth-order valence-electron chi connectivity index (χ4n) is 4.15. The lowest BCUT2D eigenvalue weighted by atomic mass is 9.95. The molecular weight excluding hydrogens is 396 g/mol. The molecule has 0 aromatic heterocycles. The van der Waals surface area contributed by atoms with Crippen LogP contribution in [0.1, 0.15) is 35.4 Å². The van der Waals surface area contributed by atoms with Gasteiger partial charge in [-0.25, -0.2) is 5.01 Å². The van der Waals surface area contributed by atoms with Crippen molar-refractivity contribution in [1.82, 2.24) is 5.01 Å². The molecule has 0 spiro atoms. The first-order valence-corrected chi connectivity index (χ1v) is 9.94. The summed E-state index contributed by atoms with van der Waals surface area (Å²) >= 11 is 0. The third kappa shape index (κ3) is 3.18. The van der Waals surface area contributed by atoms with Crippen molar-refractivity contribution in [2.24, 2.45) is 5.10 Å². The van der Waals surface area contributed by atoms with Gasteiger partial charge in [-0.2, -0.15) is 5.10 Å². The minimum atomic E-state index is -0.540. The van der Waals surface area contributed by atoms with E-state index >= 15 is 0 Å². The molecule has 5 rings (SSSR count). The maximum absolute atomic E-state index is 10.5. The van der Waals surface area contributed by atoms with Crippen molar-refractivity contribution < 1.29 is 24.4 Å². The van der Waals surface area contributed by atoms with Gasteiger partial charge in [0.2, 0.25) is 6.23 Å². The normalized spacial score (nSPS) is 19.2. The third-order valence-electron chi connectivity index (χ3n) is 5.70. The van der Waals surface area contributed by atoms with Gasteiger partial charge in [0.25, 0.3) is 0 Å². The number of para-hydroxylation sites is 1. The van der Waals surface area contributed by atoms with Crippen molar-refractivity contribution in [2.75, 3.05) is 14.2 Å². The Kier molecular flexibility index (Phi) is 4.58. The van der Waals surface area contributed by atoms with Crippen molar-refractivity contribution in [2.45, 2.75) is 18.7 Å². The Balaban J connectivity index is 1.60. The van der Waals surface area contributed by atoms with Crippen molar-refractivity contribution in [1.29, 1.82) is 0 Å². The van der Waals surface area contributed by atoms with Gasteiger partial charge in [-0.15, -0.1) is 0 Å². The highest BCUT2D eigenvalue weighted by molar-refractivity contribution is 6.04. The first kappa shape index (κ1) is 19.1. The molecule has 0 aliphatic carbocycles. The van der Waals surface area contributed by atoms with Crippen LogP contribution >= 0.6 is 0 Å². The molecule has 0 saturated heterocycles. The molecule has 31 heavy (non-hydrogen) atoms. The smallest absolute Gasteiger partial charge is 0.214 e. The summed E-state index contributed by atoms with van der Waals surface area (Å²) in [5.41, 5.74) is 3.14. The lowest BCUT2D eigenvalue weighted by molar-refractivity contribution is -0.0191. The number of aromatic hydroxyl groups is 2. The summed E-state index contributed by atoms with van der Waals surface area (Å²) in [6.45, 7) is 0. The van der Waals surface area contributed by atoms with Crippen LogP contribution in [-0.2, 0) is 0 Å². The molecule has 0 fully saturated rings. The Morgan fingerprint density at radius 1 is 0.968 bits per heavy atom. The zero-order valence-electron chi connectivity index (χ0n) is 17.1. The second-order valence-corrected chi connectivity index (χ2v) is 7.47. The van der Waals surface area contributed by atoms with Gasteiger partial charge >= 0.3 is 0 Å². The number of hydrazone groups is 1. The van der Waals surface area contributed by atoms with Crippen LogP contribution in [0.15, 0.2) is 65.8 Å². The second-order valence-electron chi connectivity index (χ2n) is 7.47. The monoisotopic (exact) mass is 418 g/mol. The quantitative estimate of drug-likeness (QED) is 0.655. The first-order valence-electron chi connectivity index (χ1n) is 9.94. The molecule has 7 nitrogen and oxygen atoms in total. The molecule has 2 heterocycles. The van der Waals surface area contributed by atoms with E-state index in [4.69, 9.17) is 19.3 Å². The van der Waals surface area contributed by atoms with E-state index < -0.39 is 6.23 Å². The molecule has 2 N–H and O–H groups in total. The van der Waals surface area contributed by atoms with E-state index in [9.17, 15) is 10.2 Å². The molecule has 0 unspecified atom stereocenters. The largest absolute Gasteiger partial charge is 0.507 e. The highest BCUT2D eigenvalue weighted by Crippen LogP contribution is 2.48. The molecule has 2 aliphatic heterocycles. The Hall–Kier alpha value is -3.87. The molecular formula is C24H22N2O5. The fourth-order valence-corrected chi connectivity index (χ4v) is 4.15. The maximum Gasteiger partial charge on any atom is 0.214 e. The zero-order valence-corrected chi connectivity index (χ0v) is 17.1. The topological polar surface area (TPSA) is 83.8 Å². The number of phenolic OH excluding ortho intramolecular Hbond substituents is 2. The number of phenols is 2. The van der Waals surface area contributed by atoms with E-state index in [0.717, 1.165) is 22.6 Å². The van der Waals surface area contributed by atoms with Gasteiger partial charge in [0.1, 0.15) is 17.2 Å². The van der Waals surface area contributed by atoms with Gasteiger partial charge in [0.15, 0.2) is 11.5 Å². The lowest BCUT2D eigenvalue weighted by Crippen LogP contribution is -2.33. The average molecular weight is 418 g/mol. The summed E-state index contributed by atoms with van der Waals surface area (Å²) in [4.78, 5) is 0. The molecule has 0 amide bonds. The van der Waals surface area contributed by atoms with Crippen LogP contribution in [0.3, 0.4) is 0 Å². The summed E-state index contributed by atoms with van der Waals surface area (Å²) in [6.07, 6.45) is 0.0571. The number of ether oxygens (including phenoxy) is 3. The number of methoxy groups -OCH3 is 2. The molecule has 0 radical (unpaired) electrons. The number of rotatable bonds is 4. The zero-order chi connectivity index (χ0) is 21.5. The SMILES string of the molecule is COc1ccc(O)c(C2=NN3[C@@H](c4ccc(OC)c(O)c4)Oc4ccccc4[C@@H]3C2)c1. The summed E-state index contributed by atoms with van der Waals surface area (Å²) in [5, 5.41) is 27.5. The minimum Gasteiger partial charge on any atom is -0.507 e. The minimum absolute atomic E-state index is 0.0350. The van der Waals surface area contributed by atoms with Crippen molar-refractivity contribution >= 4 is 5.71 Å². The van der Waals surface area contributed by atoms with Gasteiger partial charge in [-0.3, -0.25) is 0 Å². The van der Waals surface area contributed by atoms with Gasteiger partial charge in [-0.05, 0) is 42.5 Å². The van der Waals surface area contributed by atoms with E-state index in [2.05, 4.69) is 0 Å². The van der Waals surface area contributed by atoms with Crippen LogP contribution in [0.4, 0.5) is 0 Å². The maximum atomic E-state index is 10.5. The number of benzene rings is 3. The van der Waals surface area contributed by atoms with Gasteiger partial charge in [0.05, 0.1) is 26.0 Å². The van der Waals surface area contributed by atoms with E-state index in [1.807, 2.05) is 35.3 Å². The number of fused-ring (bicyclic) bond motifs is 3. The molecule has 2 atom stereocenters. The predicted octanol–water partition coefficient (Wildman–Crippen LogP) is 4.36. The number of nitrogens with zero attached hydrogens (tertiary/aromatic N) is 2. The highest BCUT2D eigenvalue weighted by atomic mass is 16.5. The predicted molar refractivity (Wildman–Crippen MR) is 115 cm³/mol. The standard InChI is InChI=1S/C24H22N2O5/c1-29-15-8-9-20(27)17(12-15)18-13-19-16-5-3-4-6-22(16)31-24(26(19)25-18)14-7-10-23(30-2)21(28)11-14/h3-12,19,24,27-28H,13H2,1-2H3/t19-,24+/m0/s1. The van der Waals surface area contributed by atoms with E-state index in [1.165, 1.54) is 7.11 Å². The third-order valence-corrected chi connectivity index (χ3v) is 5.70. The van der Waals surface area contributed by atoms with E-state index in [1.54, 1.807) is 37.4 Å². The molecule has 0 saturated carbocycles. The Bertz CT molecular complexity index is 1180. The average Bonchev–Trinajstić information content (AvgIpc) is 3.24. The first-order chi connectivity index (χ1) is 15.1. The van der Waals surface area contributed by atoms with Crippen molar-refractivity contribution in [3.8, 4) is 28.7 Å². The summed E-state index contributed by atoms with van der Waals surface area (Å²) in [5.74, 6) is 1.99. The molecule has 3 aromatic rings. The number of hydrogen-bond donors (Lipinski definition) is 2. The van der Waals surface area contributed by atoms with Crippen LogP contribution in [0, 0.1) is 0 Å². The molecule has 7 heteroatoms. The summed E-state index contributed by atoms with van der Waals surface area (Å²) in [6, 6.07) is 18.1. The van der Waals surface area contributed by atoms with Gasteiger partial charge < -0.3 is 24.4 Å². The van der Waals surface area contributed by atoms with Crippen LogP contribution in [0.5, 0.6) is 28.7 Å². The highest BCUT2D eigenvalue weighted by Gasteiger charge is 2.41. The fraction of sp³-hybridized carbons (Fsp3) is 0.208. The lowest BCUT2D eigenvalue weighted by Gasteiger charge is -2.38. The Labute approximate surface area is 179 Å². The van der Waals surface area contributed by atoms with Crippen LogP contribution < -0.4 is 14.2 Å². The van der Waals surface area contributed by atoms with Crippen LogP contribution in [-0.4, -0.2) is 35.2 Å². The summed E-state index contributed by atoms with van der Waals surface area (Å²) in [7, 11) is 3.10. The molecule has 3 aromatic carbocycles.